The van der Waals surface area contributed by atoms with Crippen LogP contribution in [0.4, 0.5) is 5.69 Å². The van der Waals surface area contributed by atoms with Gasteiger partial charge in [-0.1, -0.05) is 43.6 Å². The van der Waals surface area contributed by atoms with E-state index in [1.807, 2.05) is 18.2 Å². The molecule has 0 radical (unpaired) electrons. The molecule has 0 saturated carbocycles. The first-order valence-electron chi connectivity index (χ1n) is 10.1. The maximum atomic E-state index is 13.0. The van der Waals surface area contributed by atoms with E-state index in [0.717, 1.165) is 0 Å². The van der Waals surface area contributed by atoms with Gasteiger partial charge in [-0.05, 0) is 37.3 Å². The summed E-state index contributed by atoms with van der Waals surface area (Å²) in [6.45, 7) is 5.71. The number of carbonyl (C=O) groups excluding carboxylic acids is 1. The molecule has 0 aliphatic heterocycles. The average Bonchev–Trinajstić information content (AvgIpc) is 2.98. The molecule has 0 unspecified atom stereocenters. The van der Waals surface area contributed by atoms with Crippen molar-refractivity contribution in [1.82, 2.24) is 13.7 Å². The lowest BCUT2D eigenvalue weighted by Gasteiger charge is -2.19. The van der Waals surface area contributed by atoms with Crippen molar-refractivity contribution in [2.24, 2.45) is 7.05 Å². The number of nitrogens with zero attached hydrogens (tertiary/aromatic N) is 3. The Morgan fingerprint density at radius 3 is 2.31 bits per heavy atom. The summed E-state index contributed by atoms with van der Waals surface area (Å²) in [6, 6.07) is 13.1. The second-order valence-electron chi connectivity index (χ2n) is 7.13. The SMILES string of the molecule is CCN(CC)S(=O)(=O)c1cc(C(=O)Nc2c(C)n(C)n(-c3ccccc3)c2=O)ccc1Cl. The van der Waals surface area contributed by atoms with Gasteiger partial charge < -0.3 is 5.32 Å². The monoisotopic (exact) mass is 476 g/mol. The molecule has 1 amide bonds. The third-order valence-electron chi connectivity index (χ3n) is 5.31. The fourth-order valence-corrected chi connectivity index (χ4v) is 5.40. The molecule has 3 rings (SSSR count). The lowest BCUT2D eigenvalue weighted by molar-refractivity contribution is 0.102. The highest BCUT2D eigenvalue weighted by molar-refractivity contribution is 7.89. The van der Waals surface area contributed by atoms with E-state index in [4.69, 9.17) is 11.6 Å². The standard InChI is InChI=1S/C22H25ClN4O4S/c1-5-26(6-2)32(30,31)19-14-16(12-13-18(19)23)21(28)24-20-15(3)25(4)27(22(20)29)17-10-8-7-9-11-17/h7-14H,5-6H2,1-4H3,(H,24,28). The summed E-state index contributed by atoms with van der Waals surface area (Å²) in [4.78, 5) is 25.8. The van der Waals surface area contributed by atoms with Gasteiger partial charge in [0.1, 0.15) is 10.6 Å². The Morgan fingerprint density at radius 2 is 1.72 bits per heavy atom. The summed E-state index contributed by atoms with van der Waals surface area (Å²) in [7, 11) is -2.15. The summed E-state index contributed by atoms with van der Waals surface area (Å²) in [5.74, 6) is -0.608. The number of rotatable bonds is 7. The Bertz CT molecular complexity index is 1310. The van der Waals surface area contributed by atoms with Crippen molar-refractivity contribution >= 4 is 33.2 Å². The highest BCUT2D eigenvalue weighted by Gasteiger charge is 2.26. The molecule has 10 heteroatoms. The van der Waals surface area contributed by atoms with Gasteiger partial charge >= 0.3 is 0 Å². The van der Waals surface area contributed by atoms with E-state index < -0.39 is 21.5 Å². The average molecular weight is 477 g/mol. The molecule has 0 atom stereocenters. The number of hydrogen-bond donors (Lipinski definition) is 1. The third-order valence-corrected chi connectivity index (χ3v) is 7.84. The Labute approximate surface area is 192 Å². The summed E-state index contributed by atoms with van der Waals surface area (Å²) in [6.07, 6.45) is 0. The summed E-state index contributed by atoms with van der Waals surface area (Å²) in [5, 5.41) is 2.66. The molecule has 0 aliphatic rings. The first-order valence-corrected chi connectivity index (χ1v) is 11.9. The van der Waals surface area contributed by atoms with Crippen LogP contribution >= 0.6 is 11.6 Å². The second-order valence-corrected chi connectivity index (χ2v) is 9.44. The van der Waals surface area contributed by atoms with Crippen LogP contribution in [0.25, 0.3) is 5.69 Å². The number of amides is 1. The van der Waals surface area contributed by atoms with Gasteiger partial charge in [0.25, 0.3) is 11.5 Å². The van der Waals surface area contributed by atoms with E-state index in [2.05, 4.69) is 5.32 Å². The number of carbonyl (C=O) groups is 1. The molecule has 0 saturated heterocycles. The van der Waals surface area contributed by atoms with Crippen LogP contribution in [0, 0.1) is 6.92 Å². The van der Waals surface area contributed by atoms with Gasteiger partial charge in [-0.2, -0.15) is 4.31 Å². The lowest BCUT2D eigenvalue weighted by Crippen LogP contribution is -2.31. The Balaban J connectivity index is 2.00. The van der Waals surface area contributed by atoms with Gasteiger partial charge in [0.05, 0.1) is 16.4 Å². The smallest absolute Gasteiger partial charge is 0.295 e. The molecule has 0 bridgehead atoms. The van der Waals surface area contributed by atoms with E-state index in [1.165, 1.54) is 27.2 Å². The zero-order valence-electron chi connectivity index (χ0n) is 18.3. The third kappa shape index (κ3) is 4.23. The van der Waals surface area contributed by atoms with Crippen molar-refractivity contribution in [3.8, 4) is 5.69 Å². The molecule has 2 aromatic carbocycles. The van der Waals surface area contributed by atoms with Crippen molar-refractivity contribution in [2.45, 2.75) is 25.7 Å². The molecule has 170 valence electrons. The molecule has 3 aromatic rings. The van der Waals surface area contributed by atoms with Crippen molar-refractivity contribution < 1.29 is 13.2 Å². The first-order chi connectivity index (χ1) is 15.1. The molecular weight excluding hydrogens is 452 g/mol. The van der Waals surface area contributed by atoms with Gasteiger partial charge in [-0.3, -0.25) is 14.3 Å². The quantitative estimate of drug-likeness (QED) is 0.565. The van der Waals surface area contributed by atoms with Gasteiger partial charge in [0.15, 0.2) is 0 Å². The van der Waals surface area contributed by atoms with Gasteiger partial charge in [-0.15, -0.1) is 0 Å². The van der Waals surface area contributed by atoms with Crippen LogP contribution in [-0.4, -0.2) is 41.1 Å². The van der Waals surface area contributed by atoms with Crippen LogP contribution in [-0.2, 0) is 17.1 Å². The van der Waals surface area contributed by atoms with Gasteiger partial charge in [-0.25, -0.2) is 13.1 Å². The van der Waals surface area contributed by atoms with Crippen LogP contribution < -0.4 is 10.9 Å². The predicted octanol–water partition coefficient (Wildman–Crippen LogP) is 3.42. The largest absolute Gasteiger partial charge is 0.316 e. The van der Waals surface area contributed by atoms with E-state index in [0.29, 0.717) is 11.4 Å². The number of hydrogen-bond acceptors (Lipinski definition) is 4. The van der Waals surface area contributed by atoms with E-state index >= 15 is 0 Å². The Morgan fingerprint density at radius 1 is 1.09 bits per heavy atom. The highest BCUT2D eigenvalue weighted by atomic mass is 35.5. The molecule has 32 heavy (non-hydrogen) atoms. The Hall–Kier alpha value is -2.88. The molecule has 8 nitrogen and oxygen atoms in total. The van der Waals surface area contributed by atoms with Crippen molar-refractivity contribution in [2.75, 3.05) is 18.4 Å². The summed E-state index contributed by atoms with van der Waals surface area (Å²) in [5.41, 5.74) is 1.01. The second kappa shape index (κ2) is 9.32. The maximum absolute atomic E-state index is 13.0. The lowest BCUT2D eigenvalue weighted by atomic mass is 10.2. The minimum atomic E-state index is -3.86. The zero-order chi connectivity index (χ0) is 23.6. The van der Waals surface area contributed by atoms with Crippen LogP contribution in [0.3, 0.4) is 0 Å². The number of para-hydroxylation sites is 1. The molecule has 1 heterocycles. The summed E-state index contributed by atoms with van der Waals surface area (Å²) < 4.78 is 30.2. The molecule has 0 fully saturated rings. The van der Waals surface area contributed by atoms with Crippen LogP contribution in [0.2, 0.25) is 5.02 Å². The number of benzene rings is 2. The topological polar surface area (TPSA) is 93.4 Å². The first kappa shape index (κ1) is 23.8. The predicted molar refractivity (Wildman–Crippen MR) is 125 cm³/mol. The number of anilines is 1. The number of sulfonamides is 1. The molecular formula is C22H25ClN4O4S. The minimum Gasteiger partial charge on any atom is -0.316 e. The number of halogens is 1. The minimum absolute atomic E-state index is 0.0239. The number of aromatic nitrogens is 2. The molecule has 0 spiro atoms. The fourth-order valence-electron chi connectivity index (χ4n) is 3.44. The molecule has 1 N–H and O–H groups in total. The van der Waals surface area contributed by atoms with E-state index in [1.54, 1.807) is 44.6 Å². The maximum Gasteiger partial charge on any atom is 0.295 e. The number of nitrogens with one attached hydrogen (secondary N) is 1. The van der Waals surface area contributed by atoms with E-state index in [-0.39, 0.29) is 34.3 Å². The van der Waals surface area contributed by atoms with Crippen LogP contribution in [0.15, 0.2) is 58.2 Å². The zero-order valence-corrected chi connectivity index (χ0v) is 19.9. The van der Waals surface area contributed by atoms with Crippen LogP contribution in [0.5, 0.6) is 0 Å². The summed E-state index contributed by atoms with van der Waals surface area (Å²) >= 11 is 6.15. The van der Waals surface area contributed by atoms with Crippen molar-refractivity contribution in [3.05, 3.63) is 75.2 Å². The molecule has 1 aromatic heterocycles. The van der Waals surface area contributed by atoms with E-state index in [9.17, 15) is 18.0 Å². The Kier molecular flexibility index (Phi) is 6.92. The highest BCUT2D eigenvalue weighted by Crippen LogP contribution is 2.26. The van der Waals surface area contributed by atoms with Crippen molar-refractivity contribution in [3.63, 3.8) is 0 Å². The normalized spacial score (nSPS) is 11.7. The van der Waals surface area contributed by atoms with Crippen LogP contribution in [0.1, 0.15) is 29.9 Å². The van der Waals surface area contributed by atoms with Gasteiger partial charge in [0, 0.05) is 25.7 Å². The molecule has 0 aliphatic carbocycles. The fraction of sp³-hybridized carbons (Fsp3) is 0.273. The van der Waals surface area contributed by atoms with Gasteiger partial charge in [0.2, 0.25) is 10.0 Å². The van der Waals surface area contributed by atoms with Crippen molar-refractivity contribution in [1.29, 1.82) is 0 Å².